The number of nitrogens with two attached hydrogens (primary N) is 1. The summed E-state index contributed by atoms with van der Waals surface area (Å²) >= 11 is 0. The van der Waals surface area contributed by atoms with Gasteiger partial charge < -0.3 is 5.73 Å². The maximum Gasteiger partial charge on any atom is 0.0764 e. The van der Waals surface area contributed by atoms with Gasteiger partial charge in [-0.05, 0) is 31.2 Å². The molecule has 4 nitrogen and oxygen atoms in total. The molecule has 2 N–H and O–H groups in total. The van der Waals surface area contributed by atoms with Crippen LogP contribution in [0.3, 0.4) is 0 Å². The number of piperidine rings is 1. The third-order valence-corrected chi connectivity index (χ3v) is 4.80. The van der Waals surface area contributed by atoms with Gasteiger partial charge in [-0.25, -0.2) is 0 Å². The van der Waals surface area contributed by atoms with E-state index in [0.717, 1.165) is 26.1 Å². The van der Waals surface area contributed by atoms with Gasteiger partial charge in [0.15, 0.2) is 0 Å². The first kappa shape index (κ1) is 13.1. The van der Waals surface area contributed by atoms with Crippen LogP contribution in [0.25, 0.3) is 0 Å². The fraction of sp³-hybridized carbons (Fsp3) is 0.800. The van der Waals surface area contributed by atoms with Crippen LogP contribution in [0.5, 0.6) is 0 Å². The molecule has 19 heavy (non-hydrogen) atoms. The van der Waals surface area contributed by atoms with E-state index in [4.69, 9.17) is 10.8 Å². The van der Waals surface area contributed by atoms with Crippen LogP contribution in [0.4, 0.5) is 0 Å². The van der Waals surface area contributed by atoms with Crippen molar-refractivity contribution >= 4 is 0 Å². The summed E-state index contributed by atoms with van der Waals surface area (Å²) < 4.78 is 2.20. The van der Waals surface area contributed by atoms with Gasteiger partial charge in [-0.15, -0.1) is 0 Å². The smallest absolute Gasteiger partial charge is 0.0764 e. The van der Waals surface area contributed by atoms with E-state index in [1.807, 2.05) is 0 Å². The van der Waals surface area contributed by atoms with E-state index in [0.29, 0.717) is 18.0 Å². The molecule has 4 heteroatoms. The van der Waals surface area contributed by atoms with Crippen LogP contribution in [0, 0.1) is 5.92 Å². The summed E-state index contributed by atoms with van der Waals surface area (Å²) in [6.45, 7) is 5.46. The van der Waals surface area contributed by atoms with Crippen LogP contribution >= 0.6 is 0 Å². The summed E-state index contributed by atoms with van der Waals surface area (Å²) in [4.78, 5) is 2.50. The van der Waals surface area contributed by atoms with E-state index in [9.17, 15) is 0 Å². The first-order valence-corrected chi connectivity index (χ1v) is 7.74. The van der Waals surface area contributed by atoms with Gasteiger partial charge in [0.1, 0.15) is 0 Å². The molecule has 1 aromatic heterocycles. The van der Waals surface area contributed by atoms with Crippen molar-refractivity contribution in [3.8, 4) is 0 Å². The third kappa shape index (κ3) is 3.00. The normalized spacial score (nSPS) is 30.0. The average Bonchev–Trinajstić information content (AvgIpc) is 3.04. The summed E-state index contributed by atoms with van der Waals surface area (Å²) in [5.74, 6) is 0.602. The van der Waals surface area contributed by atoms with Gasteiger partial charge in [0, 0.05) is 31.9 Å². The van der Waals surface area contributed by atoms with Gasteiger partial charge in [-0.2, -0.15) is 5.10 Å². The lowest BCUT2D eigenvalue weighted by atomic mass is 9.95. The van der Waals surface area contributed by atoms with Crippen molar-refractivity contribution in [3.05, 3.63) is 18.0 Å². The van der Waals surface area contributed by atoms with Gasteiger partial charge in [0.25, 0.3) is 0 Å². The SMILES string of the molecule is CC1CN(Cc2ccn(C3CCCC3)n2)CCC1N. The Balaban J connectivity index is 1.58. The number of rotatable bonds is 3. The molecule has 3 rings (SSSR count). The minimum atomic E-state index is 0.382. The molecule has 106 valence electrons. The van der Waals surface area contributed by atoms with Crippen molar-refractivity contribution in [1.82, 2.24) is 14.7 Å². The third-order valence-electron chi connectivity index (χ3n) is 4.80. The monoisotopic (exact) mass is 262 g/mol. The Labute approximate surface area is 116 Å². The lowest BCUT2D eigenvalue weighted by Crippen LogP contribution is -2.45. The van der Waals surface area contributed by atoms with Crippen LogP contribution in [0.1, 0.15) is 50.8 Å². The zero-order chi connectivity index (χ0) is 13.2. The Morgan fingerprint density at radius 1 is 1.32 bits per heavy atom. The zero-order valence-electron chi connectivity index (χ0n) is 12.0. The van der Waals surface area contributed by atoms with E-state index in [2.05, 4.69) is 28.8 Å². The quantitative estimate of drug-likeness (QED) is 0.908. The van der Waals surface area contributed by atoms with Crippen molar-refractivity contribution in [2.45, 2.75) is 57.7 Å². The Kier molecular flexibility index (Phi) is 3.89. The molecular weight excluding hydrogens is 236 g/mol. The number of likely N-dealkylation sites (tertiary alicyclic amines) is 1. The molecule has 2 atom stereocenters. The second-order valence-corrected chi connectivity index (χ2v) is 6.39. The van der Waals surface area contributed by atoms with Crippen LogP contribution in [0.2, 0.25) is 0 Å². The van der Waals surface area contributed by atoms with Crippen LogP contribution in [-0.2, 0) is 6.54 Å². The Morgan fingerprint density at radius 2 is 2.11 bits per heavy atom. The maximum absolute atomic E-state index is 6.07. The molecule has 1 saturated heterocycles. The van der Waals surface area contributed by atoms with E-state index < -0.39 is 0 Å². The molecule has 1 aliphatic heterocycles. The van der Waals surface area contributed by atoms with E-state index in [1.165, 1.54) is 31.4 Å². The topological polar surface area (TPSA) is 47.1 Å². The largest absolute Gasteiger partial charge is 0.327 e. The minimum Gasteiger partial charge on any atom is -0.327 e. The molecule has 2 unspecified atom stereocenters. The van der Waals surface area contributed by atoms with Crippen molar-refractivity contribution in [2.24, 2.45) is 11.7 Å². The van der Waals surface area contributed by atoms with Gasteiger partial charge in [-0.1, -0.05) is 19.8 Å². The summed E-state index contributed by atoms with van der Waals surface area (Å²) in [7, 11) is 0. The molecule has 2 heterocycles. The summed E-state index contributed by atoms with van der Waals surface area (Å²) in [5, 5.41) is 4.77. The maximum atomic E-state index is 6.07. The number of nitrogens with zero attached hydrogens (tertiary/aromatic N) is 3. The highest BCUT2D eigenvalue weighted by Crippen LogP contribution is 2.28. The van der Waals surface area contributed by atoms with Crippen LogP contribution in [0.15, 0.2) is 12.3 Å². The molecule has 1 aliphatic carbocycles. The van der Waals surface area contributed by atoms with E-state index in [1.54, 1.807) is 0 Å². The molecule has 2 aliphatic rings. The highest BCUT2D eigenvalue weighted by Gasteiger charge is 2.24. The molecule has 1 saturated carbocycles. The predicted molar refractivity (Wildman–Crippen MR) is 76.8 cm³/mol. The number of aromatic nitrogens is 2. The summed E-state index contributed by atoms with van der Waals surface area (Å²) in [5.41, 5.74) is 7.29. The Morgan fingerprint density at radius 3 is 2.84 bits per heavy atom. The highest BCUT2D eigenvalue weighted by atomic mass is 15.3. The minimum absolute atomic E-state index is 0.382. The molecule has 1 aromatic rings. The Hall–Kier alpha value is -0.870. The molecule has 0 bridgehead atoms. The highest BCUT2D eigenvalue weighted by molar-refractivity contribution is 5.01. The number of hydrogen-bond donors (Lipinski definition) is 1. The zero-order valence-corrected chi connectivity index (χ0v) is 12.0. The van der Waals surface area contributed by atoms with Gasteiger partial charge in [0.05, 0.1) is 11.7 Å². The predicted octanol–water partition coefficient (Wildman–Crippen LogP) is 2.17. The molecular formula is C15H26N4. The summed E-state index contributed by atoms with van der Waals surface area (Å²) in [6, 6.07) is 3.23. The van der Waals surface area contributed by atoms with Crippen molar-refractivity contribution < 1.29 is 0 Å². The van der Waals surface area contributed by atoms with E-state index >= 15 is 0 Å². The molecule has 0 aromatic carbocycles. The molecule has 0 amide bonds. The van der Waals surface area contributed by atoms with Crippen molar-refractivity contribution in [2.75, 3.05) is 13.1 Å². The second kappa shape index (κ2) is 5.63. The number of hydrogen-bond acceptors (Lipinski definition) is 3. The summed E-state index contributed by atoms with van der Waals surface area (Å²) in [6.07, 6.45) is 8.62. The van der Waals surface area contributed by atoms with Gasteiger partial charge in [0.2, 0.25) is 0 Å². The average molecular weight is 262 g/mol. The standard InChI is InChI=1S/C15H26N4/c1-12-10-18(8-7-15(12)16)11-13-6-9-19(17-13)14-4-2-3-5-14/h6,9,12,14-15H,2-5,7-8,10-11,16H2,1H3. The molecule has 2 fully saturated rings. The van der Waals surface area contributed by atoms with Gasteiger partial charge >= 0.3 is 0 Å². The van der Waals surface area contributed by atoms with Crippen molar-refractivity contribution in [3.63, 3.8) is 0 Å². The fourth-order valence-corrected chi connectivity index (χ4v) is 3.46. The van der Waals surface area contributed by atoms with Gasteiger partial charge in [-0.3, -0.25) is 9.58 Å². The fourth-order valence-electron chi connectivity index (χ4n) is 3.46. The molecule has 0 spiro atoms. The first-order valence-electron chi connectivity index (χ1n) is 7.74. The van der Waals surface area contributed by atoms with Crippen LogP contribution in [-0.4, -0.2) is 33.8 Å². The lowest BCUT2D eigenvalue weighted by Gasteiger charge is -2.34. The van der Waals surface area contributed by atoms with Crippen LogP contribution < -0.4 is 5.73 Å². The molecule has 0 radical (unpaired) electrons. The first-order chi connectivity index (χ1) is 9.22. The second-order valence-electron chi connectivity index (χ2n) is 6.39. The van der Waals surface area contributed by atoms with Crippen molar-refractivity contribution in [1.29, 1.82) is 0 Å². The Bertz CT molecular complexity index is 408. The van der Waals surface area contributed by atoms with E-state index in [-0.39, 0.29) is 0 Å². The lowest BCUT2D eigenvalue weighted by molar-refractivity contribution is 0.156.